The number of rotatable bonds is 12. The first-order chi connectivity index (χ1) is 20.8. The Morgan fingerprint density at radius 1 is 1.02 bits per heavy atom. The fourth-order valence-corrected chi connectivity index (χ4v) is 6.10. The van der Waals surface area contributed by atoms with Crippen molar-refractivity contribution in [2.45, 2.75) is 38.6 Å². The normalized spacial score (nSPS) is 19.4. The van der Waals surface area contributed by atoms with Crippen LogP contribution in [0.5, 0.6) is 17.2 Å². The smallest absolute Gasteiger partial charge is 0.309 e. The van der Waals surface area contributed by atoms with Gasteiger partial charge in [0.25, 0.3) is 0 Å². The average Bonchev–Trinajstić information content (AvgIpc) is 3.63. The Morgan fingerprint density at radius 2 is 1.74 bits per heavy atom. The van der Waals surface area contributed by atoms with E-state index in [0.717, 1.165) is 29.7 Å². The summed E-state index contributed by atoms with van der Waals surface area (Å²) in [5, 5.41) is 13.6. The number of carbonyl (C=O) groups is 2. The summed E-state index contributed by atoms with van der Waals surface area (Å²) in [7, 11) is 1.59. The van der Waals surface area contributed by atoms with Crippen molar-refractivity contribution in [1.82, 2.24) is 4.90 Å². The number of halogens is 1. The first kappa shape index (κ1) is 30.3. The Morgan fingerprint density at radius 3 is 2.40 bits per heavy atom. The highest BCUT2D eigenvalue weighted by molar-refractivity contribution is 5.94. The molecule has 10 heteroatoms. The van der Waals surface area contributed by atoms with Gasteiger partial charge in [-0.3, -0.25) is 14.5 Å². The summed E-state index contributed by atoms with van der Waals surface area (Å²) in [5.41, 5.74) is 4.06. The van der Waals surface area contributed by atoms with Crippen molar-refractivity contribution in [2.75, 3.05) is 45.5 Å². The third-order valence-electron chi connectivity index (χ3n) is 8.15. The number of aliphatic carboxylic acids is 1. The Kier molecular flexibility index (Phi) is 9.47. The molecule has 3 aromatic rings. The lowest BCUT2D eigenvalue weighted by Crippen LogP contribution is -2.35. The van der Waals surface area contributed by atoms with Gasteiger partial charge < -0.3 is 29.4 Å². The molecule has 2 aliphatic heterocycles. The third kappa shape index (κ3) is 6.45. The predicted molar refractivity (Wildman–Crippen MR) is 158 cm³/mol. The monoisotopic (exact) mass is 592 g/mol. The number of anilines is 1. The lowest BCUT2D eigenvalue weighted by atomic mass is 9.82. The highest BCUT2D eigenvalue weighted by atomic mass is 19.1. The summed E-state index contributed by atoms with van der Waals surface area (Å²) < 4.78 is 36.4. The van der Waals surface area contributed by atoms with Crippen molar-refractivity contribution in [1.29, 1.82) is 0 Å². The van der Waals surface area contributed by atoms with Crippen LogP contribution in [0.4, 0.5) is 10.1 Å². The van der Waals surface area contributed by atoms with Crippen molar-refractivity contribution in [3.63, 3.8) is 0 Å². The molecule has 43 heavy (non-hydrogen) atoms. The molecule has 3 atom stereocenters. The van der Waals surface area contributed by atoms with Gasteiger partial charge in [-0.2, -0.15) is 0 Å². The van der Waals surface area contributed by atoms with E-state index in [9.17, 15) is 19.1 Å². The lowest BCUT2D eigenvalue weighted by Gasteiger charge is -2.27. The molecule has 1 fully saturated rings. The van der Waals surface area contributed by atoms with Crippen LogP contribution in [0, 0.1) is 11.7 Å². The van der Waals surface area contributed by atoms with Gasteiger partial charge in [-0.15, -0.1) is 0 Å². The van der Waals surface area contributed by atoms with Crippen molar-refractivity contribution >= 4 is 17.6 Å². The minimum atomic E-state index is -1.04. The lowest BCUT2D eigenvalue weighted by molar-refractivity contribution is -0.143. The third-order valence-corrected chi connectivity index (χ3v) is 8.15. The second-order valence-electron chi connectivity index (χ2n) is 10.7. The van der Waals surface area contributed by atoms with Gasteiger partial charge in [0.05, 0.1) is 19.1 Å². The maximum atomic E-state index is 15.0. The van der Waals surface area contributed by atoms with E-state index in [0.29, 0.717) is 30.1 Å². The van der Waals surface area contributed by atoms with Gasteiger partial charge >= 0.3 is 5.97 Å². The number of methoxy groups -OCH3 is 1. The minimum Gasteiger partial charge on any atom is -0.491 e. The standard InChI is InChI=1S/C33H37FN2O7/c1-4-20-7-6-8-21(5-2)30(20)35-28(37)18-36-17-25(23-15-26(34)32-27(16-23)42-19-43-32)29(33(38)39)31(36)22-9-11-24(12-10-22)41-14-13-40-3/h6-12,15-16,25,29,31H,4-5,13-14,17-19H2,1-3H3,(H,35,37)(H,38,39)/t25-,29-,31+/m1/s1. The van der Waals surface area contributed by atoms with Gasteiger partial charge in [-0.05, 0) is 59.4 Å². The predicted octanol–water partition coefficient (Wildman–Crippen LogP) is 5.18. The molecule has 228 valence electrons. The van der Waals surface area contributed by atoms with E-state index >= 15 is 0 Å². The van der Waals surface area contributed by atoms with E-state index in [1.807, 2.05) is 49.1 Å². The van der Waals surface area contributed by atoms with E-state index in [1.165, 1.54) is 6.07 Å². The van der Waals surface area contributed by atoms with E-state index in [1.54, 1.807) is 25.3 Å². The van der Waals surface area contributed by atoms with E-state index in [4.69, 9.17) is 18.9 Å². The summed E-state index contributed by atoms with van der Waals surface area (Å²) in [5.74, 6) is -2.61. The van der Waals surface area contributed by atoms with Crippen LogP contribution in [0.15, 0.2) is 54.6 Å². The van der Waals surface area contributed by atoms with Crippen LogP contribution >= 0.6 is 0 Å². The van der Waals surface area contributed by atoms with Crippen molar-refractivity contribution in [2.24, 2.45) is 5.92 Å². The van der Waals surface area contributed by atoms with Crippen LogP contribution in [0.25, 0.3) is 0 Å². The van der Waals surface area contributed by atoms with E-state index in [-0.39, 0.29) is 37.3 Å². The van der Waals surface area contributed by atoms with Gasteiger partial charge in [0.15, 0.2) is 11.6 Å². The molecule has 0 radical (unpaired) electrons. The number of likely N-dealkylation sites (tertiary alicyclic amines) is 1. The molecular weight excluding hydrogens is 555 g/mol. The summed E-state index contributed by atoms with van der Waals surface area (Å²) in [6, 6.07) is 15.5. The molecule has 0 bridgehead atoms. The first-order valence-corrected chi connectivity index (χ1v) is 14.5. The largest absolute Gasteiger partial charge is 0.491 e. The number of nitrogens with one attached hydrogen (secondary N) is 1. The van der Waals surface area contributed by atoms with Crippen molar-refractivity contribution < 1.29 is 38.0 Å². The summed E-state index contributed by atoms with van der Waals surface area (Å²) in [6.07, 6.45) is 1.51. The maximum absolute atomic E-state index is 15.0. The number of benzene rings is 3. The number of hydrogen-bond acceptors (Lipinski definition) is 7. The van der Waals surface area contributed by atoms with Crippen molar-refractivity contribution in [3.05, 3.63) is 82.7 Å². The Balaban J connectivity index is 1.48. The average molecular weight is 593 g/mol. The Bertz CT molecular complexity index is 1440. The maximum Gasteiger partial charge on any atom is 0.309 e. The zero-order valence-electron chi connectivity index (χ0n) is 24.6. The number of fused-ring (bicyclic) bond motifs is 1. The minimum absolute atomic E-state index is 0.0202. The Hall–Kier alpha value is -4.15. The Labute approximate surface area is 250 Å². The molecular formula is C33H37FN2O7. The molecule has 0 aromatic heterocycles. The van der Waals surface area contributed by atoms with Crippen molar-refractivity contribution in [3.8, 4) is 17.2 Å². The van der Waals surface area contributed by atoms with Crippen LogP contribution in [0.3, 0.4) is 0 Å². The molecule has 3 aromatic carbocycles. The number of ether oxygens (including phenoxy) is 4. The molecule has 0 spiro atoms. The van der Waals surface area contributed by atoms with Crippen LogP contribution in [-0.4, -0.2) is 62.1 Å². The first-order valence-electron chi connectivity index (χ1n) is 14.5. The van der Waals surface area contributed by atoms with Crippen LogP contribution in [0.2, 0.25) is 0 Å². The summed E-state index contributed by atoms with van der Waals surface area (Å²) in [6.45, 7) is 4.95. The van der Waals surface area contributed by atoms with Gasteiger partial charge in [-0.25, -0.2) is 4.39 Å². The number of carboxylic acid groups (broad SMARTS) is 1. The highest BCUT2D eigenvalue weighted by Gasteiger charge is 2.48. The van der Waals surface area contributed by atoms with Gasteiger partial charge in [0.1, 0.15) is 12.4 Å². The number of carboxylic acids is 1. The number of hydrogen-bond donors (Lipinski definition) is 2. The van der Waals surface area contributed by atoms with Gasteiger partial charge in [0.2, 0.25) is 18.4 Å². The molecule has 2 N–H and O–H groups in total. The van der Waals surface area contributed by atoms with Crippen LogP contribution < -0.4 is 19.5 Å². The SMILES string of the molecule is CCc1cccc(CC)c1NC(=O)CN1C[C@H](c2cc(F)c3c(c2)OCO3)[C@@H](C(=O)O)[C@@H]1c1ccc(OCCOC)cc1. The van der Waals surface area contributed by atoms with Crippen LogP contribution in [-0.2, 0) is 27.2 Å². The zero-order valence-corrected chi connectivity index (χ0v) is 24.6. The highest BCUT2D eigenvalue weighted by Crippen LogP contribution is 2.48. The number of carbonyl (C=O) groups excluding carboxylic acids is 1. The number of nitrogens with zero attached hydrogens (tertiary/aromatic N) is 1. The number of aryl methyl sites for hydroxylation is 2. The second-order valence-corrected chi connectivity index (χ2v) is 10.7. The molecule has 0 unspecified atom stereocenters. The van der Waals surface area contributed by atoms with E-state index in [2.05, 4.69) is 5.32 Å². The molecule has 2 heterocycles. The second kappa shape index (κ2) is 13.4. The zero-order chi connectivity index (χ0) is 30.5. The van der Waals surface area contributed by atoms with Gasteiger partial charge in [-0.1, -0.05) is 44.2 Å². The number of amides is 1. The molecule has 0 saturated carbocycles. The summed E-state index contributed by atoms with van der Waals surface area (Å²) >= 11 is 0. The quantitative estimate of drug-likeness (QED) is 0.277. The molecule has 1 saturated heterocycles. The number of para-hydroxylation sites is 1. The molecule has 1 amide bonds. The fourth-order valence-electron chi connectivity index (χ4n) is 6.10. The molecule has 9 nitrogen and oxygen atoms in total. The van der Waals surface area contributed by atoms with E-state index < -0.39 is 29.7 Å². The molecule has 5 rings (SSSR count). The molecule has 2 aliphatic rings. The fraction of sp³-hybridized carbons (Fsp3) is 0.394. The van der Waals surface area contributed by atoms with Gasteiger partial charge in [0, 0.05) is 31.3 Å². The topological polar surface area (TPSA) is 107 Å². The molecule has 0 aliphatic carbocycles. The van der Waals surface area contributed by atoms with Crippen LogP contribution in [0.1, 0.15) is 48.1 Å². The summed E-state index contributed by atoms with van der Waals surface area (Å²) in [4.78, 5) is 28.3.